The largest absolute Gasteiger partial charge is 0.328 e. The molecule has 14 heavy (non-hydrogen) atoms. The number of aryl methyl sites for hydroxylation is 1. The lowest BCUT2D eigenvalue weighted by atomic mass is 10.3. The molecular formula is C9H9ClN2OS. The molecule has 0 bridgehead atoms. The van der Waals surface area contributed by atoms with Gasteiger partial charge in [-0.25, -0.2) is 4.79 Å². The lowest BCUT2D eigenvalue weighted by Crippen LogP contribution is -2.22. The number of rotatable bonds is 2. The molecule has 0 aromatic carbocycles. The molecule has 0 radical (unpaired) electrons. The minimum absolute atomic E-state index is 0.00711. The van der Waals surface area contributed by atoms with Crippen molar-refractivity contribution < 1.29 is 0 Å². The van der Waals surface area contributed by atoms with Crippen LogP contribution in [0.2, 0.25) is 4.34 Å². The van der Waals surface area contributed by atoms with Crippen molar-refractivity contribution in [2.45, 2.75) is 6.54 Å². The van der Waals surface area contributed by atoms with E-state index in [2.05, 4.69) is 0 Å². The fraction of sp³-hybridized carbons (Fsp3) is 0.222. The van der Waals surface area contributed by atoms with Crippen molar-refractivity contribution in [2.24, 2.45) is 7.05 Å². The van der Waals surface area contributed by atoms with Gasteiger partial charge in [-0.3, -0.25) is 4.57 Å². The predicted octanol–water partition coefficient (Wildman–Crippen LogP) is 1.95. The topological polar surface area (TPSA) is 26.9 Å². The van der Waals surface area contributed by atoms with E-state index in [0.29, 0.717) is 6.54 Å². The maximum absolute atomic E-state index is 11.5. The van der Waals surface area contributed by atoms with E-state index in [4.69, 9.17) is 11.6 Å². The molecule has 74 valence electrons. The molecular weight excluding hydrogens is 220 g/mol. The molecule has 2 aromatic heterocycles. The van der Waals surface area contributed by atoms with E-state index >= 15 is 0 Å². The summed E-state index contributed by atoms with van der Waals surface area (Å²) in [6, 6.07) is 1.88. The van der Waals surface area contributed by atoms with Crippen molar-refractivity contribution in [2.75, 3.05) is 0 Å². The Morgan fingerprint density at radius 1 is 1.50 bits per heavy atom. The monoisotopic (exact) mass is 228 g/mol. The first-order valence-corrected chi connectivity index (χ1v) is 5.37. The van der Waals surface area contributed by atoms with Crippen LogP contribution in [0, 0.1) is 0 Å². The molecule has 0 atom stereocenters. The van der Waals surface area contributed by atoms with Gasteiger partial charge in [0, 0.05) is 19.4 Å². The van der Waals surface area contributed by atoms with Crippen molar-refractivity contribution in [3.8, 4) is 0 Å². The Morgan fingerprint density at radius 3 is 2.79 bits per heavy atom. The minimum Gasteiger partial charge on any atom is -0.302 e. The Kier molecular flexibility index (Phi) is 2.48. The maximum Gasteiger partial charge on any atom is 0.328 e. The highest BCUT2D eigenvalue weighted by molar-refractivity contribution is 7.14. The molecule has 2 heterocycles. The first-order chi connectivity index (χ1) is 6.66. The standard InChI is InChI=1S/C9H9ClN2OS/c1-11-2-3-12(9(11)13)5-7-4-8(10)14-6-7/h2-4,6H,5H2,1H3. The van der Waals surface area contributed by atoms with Crippen LogP contribution in [0.5, 0.6) is 0 Å². The SMILES string of the molecule is Cn1ccn(Cc2csc(Cl)c2)c1=O. The molecule has 0 amide bonds. The van der Waals surface area contributed by atoms with Gasteiger partial charge in [0.1, 0.15) is 0 Å². The van der Waals surface area contributed by atoms with Gasteiger partial charge in [-0.1, -0.05) is 11.6 Å². The molecule has 0 saturated carbocycles. The highest BCUT2D eigenvalue weighted by Gasteiger charge is 2.02. The van der Waals surface area contributed by atoms with Crippen LogP contribution in [0.3, 0.4) is 0 Å². The Balaban J connectivity index is 2.27. The summed E-state index contributed by atoms with van der Waals surface area (Å²) in [6.07, 6.45) is 3.52. The van der Waals surface area contributed by atoms with Gasteiger partial charge in [-0.05, 0) is 17.0 Å². The Hall–Kier alpha value is -1.00. The lowest BCUT2D eigenvalue weighted by molar-refractivity contribution is 0.719. The van der Waals surface area contributed by atoms with Crippen LogP contribution in [0.4, 0.5) is 0 Å². The summed E-state index contributed by atoms with van der Waals surface area (Å²) in [4.78, 5) is 11.5. The Bertz CT molecular complexity index is 497. The van der Waals surface area contributed by atoms with Crippen LogP contribution in [0.25, 0.3) is 0 Å². The minimum atomic E-state index is -0.00711. The number of hydrogen-bond donors (Lipinski definition) is 0. The van der Waals surface area contributed by atoms with Gasteiger partial charge in [0.15, 0.2) is 0 Å². The first-order valence-electron chi connectivity index (χ1n) is 4.11. The van der Waals surface area contributed by atoms with Gasteiger partial charge < -0.3 is 4.57 Å². The predicted molar refractivity (Wildman–Crippen MR) is 58.1 cm³/mol. The fourth-order valence-corrected chi connectivity index (χ4v) is 2.16. The quantitative estimate of drug-likeness (QED) is 0.772. The highest BCUT2D eigenvalue weighted by atomic mass is 35.5. The van der Waals surface area contributed by atoms with Crippen LogP contribution in [-0.2, 0) is 13.6 Å². The molecule has 0 fully saturated rings. The molecule has 0 spiro atoms. The highest BCUT2D eigenvalue weighted by Crippen LogP contribution is 2.20. The van der Waals surface area contributed by atoms with Crippen LogP contribution in [0.1, 0.15) is 5.56 Å². The van der Waals surface area contributed by atoms with E-state index in [0.717, 1.165) is 9.90 Å². The molecule has 5 heteroatoms. The Labute approximate surface area is 90.2 Å². The number of nitrogens with zero attached hydrogens (tertiary/aromatic N) is 2. The van der Waals surface area contributed by atoms with Crippen LogP contribution >= 0.6 is 22.9 Å². The number of imidazole rings is 1. The zero-order valence-corrected chi connectivity index (χ0v) is 9.18. The summed E-state index contributed by atoms with van der Waals surface area (Å²) in [6.45, 7) is 0.586. The number of thiophene rings is 1. The van der Waals surface area contributed by atoms with Crippen LogP contribution < -0.4 is 5.69 Å². The molecule has 2 aromatic rings. The normalized spacial score (nSPS) is 10.7. The average Bonchev–Trinajstić information content (AvgIpc) is 2.67. The summed E-state index contributed by atoms with van der Waals surface area (Å²) < 4.78 is 3.95. The van der Waals surface area contributed by atoms with E-state index in [-0.39, 0.29) is 5.69 Å². The van der Waals surface area contributed by atoms with Gasteiger partial charge >= 0.3 is 5.69 Å². The third-order valence-electron chi connectivity index (χ3n) is 1.99. The van der Waals surface area contributed by atoms with Crippen molar-refractivity contribution in [3.05, 3.63) is 44.2 Å². The number of hydrogen-bond acceptors (Lipinski definition) is 2. The van der Waals surface area contributed by atoms with Crippen LogP contribution in [0.15, 0.2) is 28.6 Å². The molecule has 0 aliphatic rings. The second kappa shape index (κ2) is 3.63. The molecule has 0 saturated heterocycles. The van der Waals surface area contributed by atoms with Crippen molar-refractivity contribution in [1.29, 1.82) is 0 Å². The van der Waals surface area contributed by atoms with E-state index in [1.807, 2.05) is 11.4 Å². The summed E-state index contributed by atoms with van der Waals surface area (Å²) in [5, 5.41) is 1.96. The first kappa shape index (κ1) is 9.55. The third-order valence-corrected chi connectivity index (χ3v) is 3.13. The van der Waals surface area contributed by atoms with Gasteiger partial charge in [-0.2, -0.15) is 0 Å². The Morgan fingerprint density at radius 2 is 2.29 bits per heavy atom. The summed E-state index contributed by atoms with van der Waals surface area (Å²) in [7, 11) is 1.74. The van der Waals surface area contributed by atoms with Crippen LogP contribution in [-0.4, -0.2) is 9.13 Å². The van der Waals surface area contributed by atoms with E-state index in [1.165, 1.54) is 11.3 Å². The van der Waals surface area contributed by atoms with Crippen molar-refractivity contribution in [3.63, 3.8) is 0 Å². The molecule has 3 nitrogen and oxygen atoms in total. The van der Waals surface area contributed by atoms with E-state index in [1.54, 1.807) is 28.6 Å². The van der Waals surface area contributed by atoms with Gasteiger partial charge in [0.2, 0.25) is 0 Å². The van der Waals surface area contributed by atoms with Gasteiger partial charge in [0.05, 0.1) is 10.9 Å². The maximum atomic E-state index is 11.5. The number of aromatic nitrogens is 2. The zero-order valence-electron chi connectivity index (χ0n) is 7.61. The third kappa shape index (κ3) is 1.76. The smallest absolute Gasteiger partial charge is 0.302 e. The van der Waals surface area contributed by atoms with E-state index in [9.17, 15) is 4.79 Å². The fourth-order valence-electron chi connectivity index (χ4n) is 1.26. The molecule has 0 N–H and O–H groups in total. The summed E-state index contributed by atoms with van der Waals surface area (Å²) >= 11 is 7.28. The van der Waals surface area contributed by atoms with Gasteiger partial charge in [0.25, 0.3) is 0 Å². The summed E-state index contributed by atoms with van der Waals surface area (Å²) in [5.74, 6) is 0. The van der Waals surface area contributed by atoms with Gasteiger partial charge in [-0.15, -0.1) is 11.3 Å². The molecule has 0 aliphatic heterocycles. The average molecular weight is 229 g/mol. The zero-order chi connectivity index (χ0) is 10.1. The second-order valence-corrected chi connectivity index (χ2v) is 4.62. The van der Waals surface area contributed by atoms with Crippen molar-refractivity contribution in [1.82, 2.24) is 9.13 Å². The molecule has 0 unspecified atom stereocenters. The summed E-state index contributed by atoms with van der Waals surface area (Å²) in [5.41, 5.74) is 1.06. The molecule has 2 rings (SSSR count). The van der Waals surface area contributed by atoms with E-state index < -0.39 is 0 Å². The second-order valence-electron chi connectivity index (χ2n) is 3.08. The lowest BCUT2D eigenvalue weighted by Gasteiger charge is -1.96. The molecule has 0 aliphatic carbocycles. The number of halogens is 1. The van der Waals surface area contributed by atoms with Crippen molar-refractivity contribution >= 4 is 22.9 Å².